The molecule has 2 fully saturated rings. The molecule has 116 valence electrons. The Morgan fingerprint density at radius 2 is 1.81 bits per heavy atom. The van der Waals surface area contributed by atoms with Crippen molar-refractivity contribution in [3.05, 3.63) is 29.8 Å². The second-order valence-corrected chi connectivity index (χ2v) is 6.96. The van der Waals surface area contributed by atoms with Crippen molar-refractivity contribution in [1.82, 2.24) is 5.32 Å². The molecule has 2 heteroatoms. The van der Waals surface area contributed by atoms with Crippen molar-refractivity contribution in [3.8, 4) is 0 Å². The molecule has 0 aromatic heterocycles. The lowest BCUT2D eigenvalue weighted by Crippen LogP contribution is -2.59. The van der Waals surface area contributed by atoms with Gasteiger partial charge < -0.3 is 10.2 Å². The maximum absolute atomic E-state index is 3.86. The predicted molar refractivity (Wildman–Crippen MR) is 91.0 cm³/mol. The highest BCUT2D eigenvalue weighted by atomic mass is 15.2. The zero-order valence-corrected chi connectivity index (χ0v) is 13.6. The predicted octanol–water partition coefficient (Wildman–Crippen LogP) is 4.13. The number of anilines is 1. The van der Waals surface area contributed by atoms with Gasteiger partial charge in [0.25, 0.3) is 0 Å². The number of aryl methyl sites for hydroxylation is 1. The fourth-order valence-electron chi connectivity index (χ4n) is 4.09. The van der Waals surface area contributed by atoms with Crippen LogP contribution in [-0.2, 0) is 0 Å². The van der Waals surface area contributed by atoms with Crippen molar-refractivity contribution >= 4 is 5.69 Å². The highest BCUT2D eigenvalue weighted by molar-refractivity contribution is 5.49. The molecule has 1 aliphatic heterocycles. The van der Waals surface area contributed by atoms with Gasteiger partial charge in [0.15, 0.2) is 0 Å². The number of hydrogen-bond donors (Lipinski definition) is 1. The lowest BCUT2D eigenvalue weighted by Gasteiger charge is -2.45. The van der Waals surface area contributed by atoms with Crippen LogP contribution in [0.1, 0.15) is 51.0 Å². The summed E-state index contributed by atoms with van der Waals surface area (Å²) in [5, 5.41) is 3.86. The molecule has 0 amide bonds. The molecule has 0 radical (unpaired) electrons. The number of nitrogens with zero attached hydrogens (tertiary/aromatic N) is 1. The normalized spacial score (nSPS) is 27.8. The van der Waals surface area contributed by atoms with E-state index in [1.54, 1.807) is 0 Å². The fourth-order valence-corrected chi connectivity index (χ4v) is 4.09. The van der Waals surface area contributed by atoms with Crippen LogP contribution in [0.3, 0.4) is 0 Å². The lowest BCUT2D eigenvalue weighted by molar-refractivity contribution is 0.240. The zero-order chi connectivity index (χ0) is 14.7. The van der Waals surface area contributed by atoms with E-state index < -0.39 is 0 Å². The molecule has 2 aliphatic rings. The van der Waals surface area contributed by atoms with Crippen molar-refractivity contribution in [3.63, 3.8) is 0 Å². The maximum Gasteiger partial charge on any atom is 0.0412 e. The van der Waals surface area contributed by atoms with Crippen LogP contribution in [0.15, 0.2) is 24.3 Å². The molecule has 0 bridgehead atoms. The number of nitrogens with one attached hydrogen (secondary N) is 1. The van der Waals surface area contributed by atoms with Crippen LogP contribution in [0.25, 0.3) is 0 Å². The average Bonchev–Trinajstić information content (AvgIpc) is 2.56. The van der Waals surface area contributed by atoms with Crippen LogP contribution in [0, 0.1) is 12.8 Å². The minimum atomic E-state index is 0.646. The quantitative estimate of drug-likeness (QED) is 0.898. The van der Waals surface area contributed by atoms with Gasteiger partial charge in [-0.15, -0.1) is 0 Å². The molecule has 21 heavy (non-hydrogen) atoms. The van der Waals surface area contributed by atoms with E-state index in [1.165, 1.54) is 56.3 Å². The molecule has 2 unspecified atom stereocenters. The first kappa shape index (κ1) is 14.9. The monoisotopic (exact) mass is 286 g/mol. The first-order chi connectivity index (χ1) is 10.3. The van der Waals surface area contributed by atoms with Crippen molar-refractivity contribution in [2.75, 3.05) is 18.0 Å². The van der Waals surface area contributed by atoms with Crippen LogP contribution in [-0.4, -0.2) is 25.2 Å². The van der Waals surface area contributed by atoms with Crippen molar-refractivity contribution in [2.45, 2.75) is 64.5 Å². The van der Waals surface area contributed by atoms with Crippen molar-refractivity contribution in [1.29, 1.82) is 0 Å². The number of benzene rings is 1. The summed E-state index contributed by atoms with van der Waals surface area (Å²) in [5.74, 6) is 0.893. The van der Waals surface area contributed by atoms with E-state index in [9.17, 15) is 0 Å². The van der Waals surface area contributed by atoms with Gasteiger partial charge in [0.1, 0.15) is 0 Å². The van der Waals surface area contributed by atoms with E-state index in [2.05, 4.69) is 48.3 Å². The molecule has 1 saturated carbocycles. The summed E-state index contributed by atoms with van der Waals surface area (Å²) in [6.07, 6.45) is 8.39. The minimum Gasteiger partial charge on any atom is -0.366 e. The summed E-state index contributed by atoms with van der Waals surface area (Å²) in [4.78, 5) is 2.66. The Kier molecular flexibility index (Phi) is 4.84. The third-order valence-electron chi connectivity index (χ3n) is 5.51. The molecule has 1 N–H and O–H groups in total. The van der Waals surface area contributed by atoms with Crippen LogP contribution in [0.2, 0.25) is 0 Å². The third kappa shape index (κ3) is 3.42. The lowest BCUT2D eigenvalue weighted by atomic mass is 9.82. The van der Waals surface area contributed by atoms with Gasteiger partial charge in [-0.05, 0) is 44.2 Å². The molecule has 1 aromatic carbocycles. The standard InChI is InChI=1S/C19H30N2/c1-3-17-13-20-19(16-7-5-4-6-8-16)14-21(17)18-11-9-15(2)10-12-18/h9-12,16-17,19-20H,3-8,13-14H2,1-2H3. The zero-order valence-electron chi connectivity index (χ0n) is 13.6. The number of rotatable bonds is 3. The van der Waals surface area contributed by atoms with E-state index in [4.69, 9.17) is 0 Å². The molecule has 1 aliphatic carbocycles. The molecule has 0 spiro atoms. The second-order valence-electron chi connectivity index (χ2n) is 6.96. The van der Waals surface area contributed by atoms with Gasteiger partial charge in [0.05, 0.1) is 0 Å². The van der Waals surface area contributed by atoms with E-state index >= 15 is 0 Å². The summed E-state index contributed by atoms with van der Waals surface area (Å²) in [5.41, 5.74) is 2.76. The van der Waals surface area contributed by atoms with Gasteiger partial charge >= 0.3 is 0 Å². The number of piperazine rings is 1. The Morgan fingerprint density at radius 1 is 1.10 bits per heavy atom. The Labute approximate surface area is 129 Å². The second kappa shape index (κ2) is 6.83. The van der Waals surface area contributed by atoms with Gasteiger partial charge in [-0.2, -0.15) is 0 Å². The van der Waals surface area contributed by atoms with Crippen molar-refractivity contribution in [2.24, 2.45) is 5.92 Å². The SMILES string of the molecule is CCC1CNC(C2CCCCC2)CN1c1ccc(C)cc1. The first-order valence-electron chi connectivity index (χ1n) is 8.84. The number of hydrogen-bond acceptors (Lipinski definition) is 2. The van der Waals surface area contributed by atoms with E-state index in [0.717, 1.165) is 12.5 Å². The maximum atomic E-state index is 3.86. The molecule has 3 rings (SSSR count). The van der Waals surface area contributed by atoms with E-state index in [1.807, 2.05) is 0 Å². The Morgan fingerprint density at radius 3 is 2.48 bits per heavy atom. The summed E-state index contributed by atoms with van der Waals surface area (Å²) in [6, 6.07) is 10.4. The molecule has 1 aromatic rings. The van der Waals surface area contributed by atoms with Gasteiger partial charge in [-0.3, -0.25) is 0 Å². The first-order valence-corrected chi connectivity index (χ1v) is 8.84. The summed E-state index contributed by atoms with van der Waals surface area (Å²) in [7, 11) is 0. The Bertz CT molecular complexity index is 433. The van der Waals surface area contributed by atoms with E-state index in [-0.39, 0.29) is 0 Å². The van der Waals surface area contributed by atoms with Crippen LogP contribution in [0.5, 0.6) is 0 Å². The van der Waals surface area contributed by atoms with Gasteiger partial charge in [-0.25, -0.2) is 0 Å². The van der Waals surface area contributed by atoms with Gasteiger partial charge in [0, 0.05) is 30.9 Å². The topological polar surface area (TPSA) is 15.3 Å². The van der Waals surface area contributed by atoms with Crippen LogP contribution < -0.4 is 10.2 Å². The smallest absolute Gasteiger partial charge is 0.0412 e. The Balaban J connectivity index is 1.73. The van der Waals surface area contributed by atoms with Crippen molar-refractivity contribution < 1.29 is 0 Å². The molecular weight excluding hydrogens is 256 g/mol. The molecular formula is C19H30N2. The highest BCUT2D eigenvalue weighted by Crippen LogP contribution is 2.30. The summed E-state index contributed by atoms with van der Waals surface area (Å²) >= 11 is 0. The minimum absolute atomic E-state index is 0.646. The van der Waals surface area contributed by atoms with Gasteiger partial charge in [-0.1, -0.05) is 43.9 Å². The fraction of sp³-hybridized carbons (Fsp3) is 0.684. The Hall–Kier alpha value is -1.02. The summed E-state index contributed by atoms with van der Waals surface area (Å²) in [6.45, 7) is 6.82. The third-order valence-corrected chi connectivity index (χ3v) is 5.51. The van der Waals surface area contributed by atoms with Crippen LogP contribution >= 0.6 is 0 Å². The summed E-state index contributed by atoms with van der Waals surface area (Å²) < 4.78 is 0. The largest absolute Gasteiger partial charge is 0.366 e. The average molecular weight is 286 g/mol. The molecule has 1 saturated heterocycles. The molecule has 2 atom stereocenters. The molecule has 2 nitrogen and oxygen atoms in total. The van der Waals surface area contributed by atoms with Gasteiger partial charge in [0.2, 0.25) is 0 Å². The highest BCUT2D eigenvalue weighted by Gasteiger charge is 2.32. The van der Waals surface area contributed by atoms with E-state index in [0.29, 0.717) is 12.1 Å². The molecule has 1 heterocycles. The van der Waals surface area contributed by atoms with Crippen LogP contribution in [0.4, 0.5) is 5.69 Å².